The Morgan fingerprint density at radius 2 is 2.00 bits per heavy atom. The summed E-state index contributed by atoms with van der Waals surface area (Å²) < 4.78 is 5.42. The van der Waals surface area contributed by atoms with Gasteiger partial charge in [-0.15, -0.1) is 11.3 Å². The maximum absolute atomic E-state index is 12.9. The molecule has 0 aliphatic heterocycles. The van der Waals surface area contributed by atoms with Crippen molar-refractivity contribution in [3.05, 3.63) is 61.5 Å². The van der Waals surface area contributed by atoms with Gasteiger partial charge in [0.1, 0.15) is 21.8 Å². The van der Waals surface area contributed by atoms with Crippen LogP contribution in [0.15, 0.2) is 44.3 Å². The largest absolute Gasteiger partial charge is 0.422 e. The standard InChI is InChI=1S/C23H22N2O3S/c1-23(2,3)13-8-9-14-17(11-13)29-21-18(14)20(26)24-19(25-21)15-10-12-6-4-5-7-16(12)28-22(15)27/h4-7,10,13H,8-9,11H2,1-3H3,(H,24,25,26)/t13-/m0/s1. The molecule has 3 aromatic heterocycles. The van der Waals surface area contributed by atoms with Crippen LogP contribution in [0.2, 0.25) is 0 Å². The zero-order chi connectivity index (χ0) is 20.3. The van der Waals surface area contributed by atoms with Crippen molar-refractivity contribution >= 4 is 32.5 Å². The fourth-order valence-corrected chi connectivity index (χ4v) is 5.58. The van der Waals surface area contributed by atoms with Crippen molar-refractivity contribution in [2.75, 3.05) is 0 Å². The molecule has 1 aromatic carbocycles. The summed E-state index contributed by atoms with van der Waals surface area (Å²) in [6.45, 7) is 6.83. The Morgan fingerprint density at radius 1 is 1.21 bits per heavy atom. The van der Waals surface area contributed by atoms with Gasteiger partial charge in [-0.1, -0.05) is 39.0 Å². The number of nitrogens with one attached hydrogen (secondary N) is 1. The average molecular weight is 407 g/mol. The van der Waals surface area contributed by atoms with Crippen LogP contribution >= 0.6 is 11.3 Å². The summed E-state index contributed by atoms with van der Waals surface area (Å²) in [6, 6.07) is 9.05. The van der Waals surface area contributed by atoms with E-state index >= 15 is 0 Å². The van der Waals surface area contributed by atoms with Crippen LogP contribution in [0.4, 0.5) is 0 Å². The highest BCUT2D eigenvalue weighted by molar-refractivity contribution is 7.18. The van der Waals surface area contributed by atoms with E-state index in [9.17, 15) is 9.59 Å². The van der Waals surface area contributed by atoms with Crippen LogP contribution in [0.5, 0.6) is 0 Å². The quantitative estimate of drug-likeness (QED) is 0.456. The van der Waals surface area contributed by atoms with Gasteiger partial charge in [-0.3, -0.25) is 4.79 Å². The number of H-pyrrole nitrogens is 1. The number of benzene rings is 1. The van der Waals surface area contributed by atoms with E-state index in [0.29, 0.717) is 21.7 Å². The number of hydrogen-bond donors (Lipinski definition) is 1. The lowest BCUT2D eigenvalue weighted by molar-refractivity contribution is 0.218. The normalized spacial score (nSPS) is 17.0. The first kappa shape index (κ1) is 18.3. The molecular weight excluding hydrogens is 384 g/mol. The van der Waals surface area contributed by atoms with Gasteiger partial charge in [0.05, 0.1) is 5.39 Å². The number of nitrogens with zero attached hydrogens (tertiary/aromatic N) is 1. The summed E-state index contributed by atoms with van der Waals surface area (Å²) in [6.07, 6.45) is 2.96. The lowest BCUT2D eigenvalue weighted by atomic mass is 9.72. The molecule has 6 heteroatoms. The second-order valence-corrected chi connectivity index (χ2v) is 9.97. The van der Waals surface area contributed by atoms with Crippen LogP contribution in [-0.4, -0.2) is 9.97 Å². The molecule has 0 unspecified atom stereocenters. The van der Waals surface area contributed by atoms with Crippen molar-refractivity contribution in [1.82, 2.24) is 9.97 Å². The minimum atomic E-state index is -0.500. The van der Waals surface area contributed by atoms with Crippen LogP contribution in [0.25, 0.3) is 32.6 Å². The number of hydrogen-bond acceptors (Lipinski definition) is 5. The maximum atomic E-state index is 12.9. The third kappa shape index (κ3) is 3.02. The summed E-state index contributed by atoms with van der Waals surface area (Å²) in [5, 5.41) is 1.48. The number of para-hydroxylation sites is 1. The summed E-state index contributed by atoms with van der Waals surface area (Å²) >= 11 is 1.59. The third-order valence-corrected chi connectivity index (χ3v) is 7.19. The van der Waals surface area contributed by atoms with Gasteiger partial charge in [-0.05, 0) is 48.3 Å². The van der Waals surface area contributed by atoms with Gasteiger partial charge >= 0.3 is 5.63 Å². The molecule has 4 aromatic rings. The van der Waals surface area contributed by atoms with Gasteiger partial charge in [0.25, 0.3) is 5.56 Å². The maximum Gasteiger partial charge on any atom is 0.347 e. The Labute approximate surface area is 171 Å². The van der Waals surface area contributed by atoms with Gasteiger partial charge in [0, 0.05) is 10.3 Å². The predicted molar refractivity (Wildman–Crippen MR) is 117 cm³/mol. The predicted octanol–water partition coefficient (Wildman–Crippen LogP) is 4.91. The Morgan fingerprint density at radius 3 is 2.79 bits per heavy atom. The van der Waals surface area contributed by atoms with E-state index in [1.54, 1.807) is 23.5 Å². The molecule has 0 saturated carbocycles. The highest BCUT2D eigenvalue weighted by Crippen LogP contribution is 2.42. The van der Waals surface area contributed by atoms with Gasteiger partial charge in [0.15, 0.2) is 0 Å². The van der Waals surface area contributed by atoms with Crippen molar-refractivity contribution in [2.24, 2.45) is 11.3 Å². The number of thiophene rings is 1. The van der Waals surface area contributed by atoms with Gasteiger partial charge in [0.2, 0.25) is 0 Å². The molecule has 1 atom stereocenters. The average Bonchev–Trinajstić information content (AvgIpc) is 3.04. The van der Waals surface area contributed by atoms with Crippen molar-refractivity contribution in [3.63, 3.8) is 0 Å². The zero-order valence-electron chi connectivity index (χ0n) is 16.7. The minimum absolute atomic E-state index is 0.177. The molecule has 148 valence electrons. The van der Waals surface area contributed by atoms with Crippen LogP contribution in [-0.2, 0) is 12.8 Å². The Bertz CT molecular complexity index is 1370. The van der Waals surface area contributed by atoms with Crippen LogP contribution in [0, 0.1) is 11.3 Å². The van der Waals surface area contributed by atoms with E-state index in [-0.39, 0.29) is 22.4 Å². The van der Waals surface area contributed by atoms with Crippen molar-refractivity contribution in [3.8, 4) is 11.4 Å². The number of aromatic amines is 1. The van der Waals surface area contributed by atoms with Gasteiger partial charge < -0.3 is 9.40 Å². The van der Waals surface area contributed by atoms with Gasteiger partial charge in [-0.25, -0.2) is 9.78 Å². The number of fused-ring (bicyclic) bond motifs is 4. The minimum Gasteiger partial charge on any atom is -0.422 e. The molecular formula is C23H22N2O3S. The van der Waals surface area contributed by atoms with E-state index in [2.05, 4.69) is 30.7 Å². The highest BCUT2D eigenvalue weighted by atomic mass is 32.1. The molecule has 0 radical (unpaired) electrons. The molecule has 0 fully saturated rings. The monoisotopic (exact) mass is 406 g/mol. The van der Waals surface area contributed by atoms with E-state index in [1.807, 2.05) is 18.2 Å². The lowest BCUT2D eigenvalue weighted by Gasteiger charge is -2.33. The summed E-state index contributed by atoms with van der Waals surface area (Å²) in [7, 11) is 0. The second kappa shape index (κ2) is 6.39. The van der Waals surface area contributed by atoms with Crippen LogP contribution in [0.3, 0.4) is 0 Å². The first-order valence-corrected chi connectivity index (χ1v) is 10.7. The Balaban J connectivity index is 1.66. The third-order valence-electron chi connectivity index (χ3n) is 6.04. The summed E-state index contributed by atoms with van der Waals surface area (Å²) in [5.74, 6) is 0.863. The number of aryl methyl sites for hydroxylation is 1. The molecule has 1 aliphatic rings. The molecule has 0 saturated heterocycles. The molecule has 5 rings (SSSR count). The summed E-state index contributed by atoms with van der Waals surface area (Å²) in [4.78, 5) is 34.9. The first-order chi connectivity index (χ1) is 13.8. The molecule has 0 spiro atoms. The second-order valence-electron chi connectivity index (χ2n) is 8.89. The smallest absolute Gasteiger partial charge is 0.347 e. The lowest BCUT2D eigenvalue weighted by Crippen LogP contribution is -2.26. The molecule has 29 heavy (non-hydrogen) atoms. The SMILES string of the molecule is CC(C)(C)[C@H]1CCc2c(sc3nc(-c4cc5ccccc5oc4=O)[nH]c(=O)c23)C1. The molecule has 1 aliphatic carbocycles. The molecule has 1 N–H and O–H groups in total. The van der Waals surface area contributed by atoms with E-state index in [1.165, 1.54) is 4.88 Å². The van der Waals surface area contributed by atoms with Gasteiger partial charge in [-0.2, -0.15) is 0 Å². The fraction of sp³-hybridized carbons (Fsp3) is 0.348. The van der Waals surface area contributed by atoms with Crippen LogP contribution < -0.4 is 11.2 Å². The highest BCUT2D eigenvalue weighted by Gasteiger charge is 2.31. The van der Waals surface area contributed by atoms with E-state index < -0.39 is 5.63 Å². The molecule has 0 amide bonds. The Kier molecular flexibility index (Phi) is 4.03. The topological polar surface area (TPSA) is 76.0 Å². The zero-order valence-corrected chi connectivity index (χ0v) is 17.5. The van der Waals surface area contributed by atoms with E-state index in [4.69, 9.17) is 4.42 Å². The Hall–Kier alpha value is -2.73. The number of aromatic nitrogens is 2. The molecule has 0 bridgehead atoms. The molecule has 3 heterocycles. The van der Waals surface area contributed by atoms with Crippen molar-refractivity contribution in [2.45, 2.75) is 40.0 Å². The van der Waals surface area contributed by atoms with E-state index in [0.717, 1.165) is 30.2 Å². The van der Waals surface area contributed by atoms with Crippen molar-refractivity contribution < 1.29 is 4.42 Å². The number of rotatable bonds is 1. The van der Waals surface area contributed by atoms with Crippen LogP contribution in [0.1, 0.15) is 37.6 Å². The first-order valence-electron chi connectivity index (χ1n) is 9.89. The summed E-state index contributed by atoms with van der Waals surface area (Å²) in [5.41, 5.74) is 1.50. The molecule has 5 nitrogen and oxygen atoms in total. The fourth-order valence-electron chi connectivity index (χ4n) is 4.28. The van der Waals surface area contributed by atoms with Crippen molar-refractivity contribution in [1.29, 1.82) is 0 Å².